The van der Waals surface area contributed by atoms with Gasteiger partial charge < -0.3 is 16.0 Å². The molecule has 2 rings (SSSR count). The first-order valence-electron chi connectivity index (χ1n) is 9.01. The average Bonchev–Trinajstić information content (AvgIpc) is 2.63. The van der Waals surface area contributed by atoms with Crippen LogP contribution < -0.4 is 16.0 Å². The highest BCUT2D eigenvalue weighted by molar-refractivity contribution is 5.94. The van der Waals surface area contributed by atoms with E-state index in [1.54, 1.807) is 0 Å². The third-order valence-electron chi connectivity index (χ3n) is 3.83. The van der Waals surface area contributed by atoms with Crippen LogP contribution >= 0.6 is 0 Å². The Morgan fingerprint density at radius 2 is 1.62 bits per heavy atom. The van der Waals surface area contributed by atoms with Crippen molar-refractivity contribution in [2.45, 2.75) is 27.3 Å². The van der Waals surface area contributed by atoms with Gasteiger partial charge in [-0.2, -0.15) is 0 Å². The predicted octanol–water partition coefficient (Wildman–Crippen LogP) is 2.79. The maximum Gasteiger partial charge on any atom is 0.251 e. The van der Waals surface area contributed by atoms with E-state index in [1.807, 2.05) is 44.2 Å². The second-order valence-corrected chi connectivity index (χ2v) is 6.24. The molecule has 3 N–H and O–H groups in total. The number of amides is 1. The lowest BCUT2D eigenvalue weighted by Gasteiger charge is -2.12. The number of carbonyl (C=O) groups is 1. The van der Waals surface area contributed by atoms with Crippen molar-refractivity contribution < 1.29 is 4.79 Å². The molecule has 0 aromatic heterocycles. The molecule has 2 aromatic rings. The minimum Gasteiger partial charge on any atom is -0.357 e. The van der Waals surface area contributed by atoms with Crippen molar-refractivity contribution in [2.24, 2.45) is 4.99 Å². The molecule has 138 valence electrons. The van der Waals surface area contributed by atoms with Crippen LogP contribution in [0.5, 0.6) is 0 Å². The Balaban J connectivity index is 1.80. The summed E-state index contributed by atoms with van der Waals surface area (Å²) in [5, 5.41) is 9.39. The number of carbonyl (C=O) groups excluding carboxylic acids is 1. The van der Waals surface area contributed by atoms with E-state index in [0.29, 0.717) is 25.2 Å². The van der Waals surface area contributed by atoms with E-state index >= 15 is 0 Å². The van der Waals surface area contributed by atoms with Crippen molar-refractivity contribution in [1.29, 1.82) is 0 Å². The largest absolute Gasteiger partial charge is 0.357 e. The van der Waals surface area contributed by atoms with Gasteiger partial charge in [0, 0.05) is 25.2 Å². The lowest BCUT2D eigenvalue weighted by atomic mass is 10.1. The van der Waals surface area contributed by atoms with E-state index < -0.39 is 0 Å². The average molecular weight is 352 g/mol. The van der Waals surface area contributed by atoms with Crippen LogP contribution in [0.1, 0.15) is 34.0 Å². The number of hydrogen-bond donors (Lipinski definition) is 3. The van der Waals surface area contributed by atoms with Gasteiger partial charge in [-0.3, -0.25) is 4.79 Å². The number of aliphatic imine (C=N–C) groups is 1. The van der Waals surface area contributed by atoms with Gasteiger partial charge in [0.2, 0.25) is 0 Å². The SMILES string of the molecule is CCNC(=NCc1cccc(C)c1)NCCNC(=O)c1cccc(C)c1. The first-order chi connectivity index (χ1) is 12.6. The molecule has 1 amide bonds. The third-order valence-corrected chi connectivity index (χ3v) is 3.83. The van der Waals surface area contributed by atoms with Gasteiger partial charge in [-0.15, -0.1) is 0 Å². The number of nitrogens with zero attached hydrogens (tertiary/aromatic N) is 1. The predicted molar refractivity (Wildman–Crippen MR) is 108 cm³/mol. The standard InChI is InChI=1S/C21H28N4O/c1-4-22-21(25-15-18-9-5-7-16(2)13-18)24-12-11-23-20(26)19-10-6-8-17(3)14-19/h5-10,13-14H,4,11-12,15H2,1-3H3,(H,23,26)(H2,22,24,25). The Hall–Kier alpha value is -2.82. The van der Waals surface area contributed by atoms with Crippen LogP contribution in [0, 0.1) is 13.8 Å². The molecule has 0 aliphatic rings. The fourth-order valence-electron chi connectivity index (χ4n) is 2.57. The maximum atomic E-state index is 12.1. The molecule has 0 saturated heterocycles. The van der Waals surface area contributed by atoms with Gasteiger partial charge in [-0.1, -0.05) is 47.5 Å². The Labute approximate surface area is 155 Å². The number of aryl methyl sites for hydroxylation is 2. The summed E-state index contributed by atoms with van der Waals surface area (Å²) in [6.45, 7) is 8.63. The minimum absolute atomic E-state index is 0.0581. The van der Waals surface area contributed by atoms with Crippen LogP contribution in [0.2, 0.25) is 0 Å². The highest BCUT2D eigenvalue weighted by atomic mass is 16.1. The molecule has 0 fully saturated rings. The van der Waals surface area contributed by atoms with Gasteiger partial charge in [0.25, 0.3) is 5.91 Å². The lowest BCUT2D eigenvalue weighted by Crippen LogP contribution is -2.41. The zero-order valence-corrected chi connectivity index (χ0v) is 15.8. The van der Waals surface area contributed by atoms with Crippen molar-refractivity contribution in [3.63, 3.8) is 0 Å². The van der Waals surface area contributed by atoms with Crippen LogP contribution in [0.15, 0.2) is 53.5 Å². The van der Waals surface area contributed by atoms with Crippen molar-refractivity contribution in [1.82, 2.24) is 16.0 Å². The van der Waals surface area contributed by atoms with Gasteiger partial charge in [-0.05, 0) is 38.5 Å². The third kappa shape index (κ3) is 6.59. The number of nitrogens with one attached hydrogen (secondary N) is 3. The number of rotatable bonds is 7. The van der Waals surface area contributed by atoms with E-state index in [1.165, 1.54) is 11.1 Å². The zero-order valence-electron chi connectivity index (χ0n) is 15.8. The Bertz CT molecular complexity index is 755. The minimum atomic E-state index is -0.0581. The normalized spacial score (nSPS) is 11.1. The van der Waals surface area contributed by atoms with Crippen molar-refractivity contribution in [3.8, 4) is 0 Å². The first kappa shape index (κ1) is 19.5. The van der Waals surface area contributed by atoms with Crippen molar-refractivity contribution in [3.05, 3.63) is 70.8 Å². The van der Waals surface area contributed by atoms with Gasteiger partial charge in [0.1, 0.15) is 0 Å². The molecule has 0 atom stereocenters. The highest BCUT2D eigenvalue weighted by Crippen LogP contribution is 2.05. The Morgan fingerprint density at radius 1 is 0.923 bits per heavy atom. The first-order valence-corrected chi connectivity index (χ1v) is 9.01. The molecule has 0 aliphatic heterocycles. The fourth-order valence-corrected chi connectivity index (χ4v) is 2.57. The molecule has 0 unspecified atom stereocenters. The monoisotopic (exact) mass is 352 g/mol. The molecule has 0 radical (unpaired) electrons. The summed E-state index contributed by atoms with van der Waals surface area (Å²) < 4.78 is 0. The van der Waals surface area contributed by atoms with Gasteiger partial charge in [0.15, 0.2) is 5.96 Å². The summed E-state index contributed by atoms with van der Waals surface area (Å²) in [5.41, 5.74) is 4.17. The molecular weight excluding hydrogens is 324 g/mol. The molecule has 0 saturated carbocycles. The summed E-state index contributed by atoms with van der Waals surface area (Å²) in [4.78, 5) is 16.7. The molecular formula is C21H28N4O. The van der Waals surface area contributed by atoms with Crippen LogP contribution in [-0.2, 0) is 6.54 Å². The van der Waals surface area contributed by atoms with Gasteiger partial charge in [-0.25, -0.2) is 4.99 Å². The van der Waals surface area contributed by atoms with E-state index in [0.717, 1.165) is 18.1 Å². The maximum absolute atomic E-state index is 12.1. The molecule has 0 bridgehead atoms. The van der Waals surface area contributed by atoms with E-state index in [9.17, 15) is 4.79 Å². The summed E-state index contributed by atoms with van der Waals surface area (Å²) in [7, 11) is 0. The number of guanidine groups is 1. The van der Waals surface area contributed by atoms with E-state index in [-0.39, 0.29) is 5.91 Å². The Morgan fingerprint density at radius 3 is 2.31 bits per heavy atom. The number of hydrogen-bond acceptors (Lipinski definition) is 2. The van der Waals surface area contributed by atoms with E-state index in [2.05, 4.69) is 46.1 Å². The van der Waals surface area contributed by atoms with Crippen molar-refractivity contribution in [2.75, 3.05) is 19.6 Å². The van der Waals surface area contributed by atoms with Crippen LogP contribution in [0.3, 0.4) is 0 Å². The molecule has 0 aliphatic carbocycles. The molecule has 0 heterocycles. The van der Waals surface area contributed by atoms with Crippen LogP contribution in [-0.4, -0.2) is 31.5 Å². The molecule has 26 heavy (non-hydrogen) atoms. The smallest absolute Gasteiger partial charge is 0.251 e. The zero-order chi connectivity index (χ0) is 18.8. The fraction of sp³-hybridized carbons (Fsp3) is 0.333. The van der Waals surface area contributed by atoms with Gasteiger partial charge >= 0.3 is 0 Å². The molecule has 5 heteroatoms. The Kier molecular flexibility index (Phi) is 7.68. The highest BCUT2D eigenvalue weighted by Gasteiger charge is 2.04. The van der Waals surface area contributed by atoms with Crippen molar-refractivity contribution >= 4 is 11.9 Å². The van der Waals surface area contributed by atoms with Crippen LogP contribution in [0.4, 0.5) is 0 Å². The van der Waals surface area contributed by atoms with Gasteiger partial charge in [0.05, 0.1) is 6.54 Å². The second kappa shape index (κ2) is 10.2. The summed E-state index contributed by atoms with van der Waals surface area (Å²) in [5.74, 6) is 0.691. The second-order valence-electron chi connectivity index (χ2n) is 6.24. The molecule has 2 aromatic carbocycles. The topological polar surface area (TPSA) is 65.5 Å². The lowest BCUT2D eigenvalue weighted by molar-refractivity contribution is 0.0954. The summed E-state index contributed by atoms with van der Waals surface area (Å²) in [6.07, 6.45) is 0. The number of benzene rings is 2. The summed E-state index contributed by atoms with van der Waals surface area (Å²) >= 11 is 0. The quantitative estimate of drug-likeness (QED) is 0.408. The molecule has 0 spiro atoms. The summed E-state index contributed by atoms with van der Waals surface area (Å²) in [6, 6.07) is 15.9. The molecule has 5 nitrogen and oxygen atoms in total. The van der Waals surface area contributed by atoms with Crippen LogP contribution in [0.25, 0.3) is 0 Å². The van der Waals surface area contributed by atoms with E-state index in [4.69, 9.17) is 0 Å².